The normalized spacial score (nSPS) is 17.5. The van der Waals surface area contributed by atoms with E-state index in [0.29, 0.717) is 53.8 Å². The number of hydrogen-bond acceptors (Lipinski definition) is 8. The molecule has 1 atom stereocenters. The number of nitrogens with one attached hydrogen (secondary N) is 3. The largest absolute Gasteiger partial charge is 0.387 e. The number of halogens is 2. The van der Waals surface area contributed by atoms with Crippen molar-refractivity contribution in [3.63, 3.8) is 0 Å². The maximum atomic E-state index is 14.4. The van der Waals surface area contributed by atoms with Gasteiger partial charge in [0.05, 0.1) is 40.7 Å². The number of carbonyl (C=O) groups is 2. The van der Waals surface area contributed by atoms with Gasteiger partial charge in [0.2, 0.25) is 0 Å². The van der Waals surface area contributed by atoms with Gasteiger partial charge in [-0.1, -0.05) is 12.1 Å². The van der Waals surface area contributed by atoms with Crippen LogP contribution in [0.3, 0.4) is 0 Å². The van der Waals surface area contributed by atoms with Gasteiger partial charge in [-0.3, -0.25) is 9.59 Å². The Morgan fingerprint density at radius 3 is 2.50 bits per heavy atom. The second-order valence-corrected chi connectivity index (χ2v) is 11.4. The lowest BCUT2D eigenvalue weighted by molar-refractivity contribution is -0.00178. The smallest absolute Gasteiger partial charge is 0.255 e. The van der Waals surface area contributed by atoms with E-state index in [-0.39, 0.29) is 23.2 Å². The predicted molar refractivity (Wildman–Crippen MR) is 158 cm³/mol. The standard InChI is InChI=1S/C31H32F2N8O3/c1-31(2,44)26(33)17-37-29(42)23-16-35-27(41-28-19(15-38-41)11-18(13-34)14-36-28)12-25(23)39-20-7-9-21(10-8-20)40-30(43)22-5-3-4-6-24(22)32/h3-6,11-12,14-16,20-21,26,44H,7-10,17H2,1-2H3,(H,35,39)(H,37,42)(H,40,43). The van der Waals surface area contributed by atoms with Crippen LogP contribution >= 0.6 is 0 Å². The molecular formula is C31H32F2N8O3. The van der Waals surface area contributed by atoms with Crippen LogP contribution in [0, 0.1) is 17.1 Å². The minimum absolute atomic E-state index is 0.00250. The number of nitrogens with zero attached hydrogens (tertiary/aromatic N) is 5. The third-order valence-corrected chi connectivity index (χ3v) is 7.64. The molecule has 44 heavy (non-hydrogen) atoms. The number of benzene rings is 1. The zero-order chi connectivity index (χ0) is 31.4. The zero-order valence-corrected chi connectivity index (χ0v) is 24.2. The number of nitriles is 1. The number of aromatic nitrogens is 4. The summed E-state index contributed by atoms with van der Waals surface area (Å²) in [5, 5.41) is 33.0. The Bertz CT molecular complexity index is 1720. The fraction of sp³-hybridized carbons (Fsp3) is 0.355. The van der Waals surface area contributed by atoms with Crippen LogP contribution in [0.25, 0.3) is 16.9 Å². The van der Waals surface area contributed by atoms with Crippen molar-refractivity contribution < 1.29 is 23.5 Å². The molecule has 1 aromatic carbocycles. The fourth-order valence-electron chi connectivity index (χ4n) is 5.05. The van der Waals surface area contributed by atoms with Gasteiger partial charge in [0.15, 0.2) is 11.5 Å². The number of pyridine rings is 2. The van der Waals surface area contributed by atoms with Crippen LogP contribution in [-0.4, -0.2) is 67.1 Å². The molecule has 5 rings (SSSR count). The molecule has 1 fully saturated rings. The SMILES string of the molecule is CC(C)(O)C(F)CNC(=O)c1cnc(-n2ncc3cc(C#N)cnc32)cc1NC1CCC(NC(=O)c2ccccc2F)CC1. The fourth-order valence-corrected chi connectivity index (χ4v) is 5.05. The lowest BCUT2D eigenvalue weighted by Crippen LogP contribution is -2.42. The molecule has 0 aliphatic heterocycles. The second kappa shape index (κ2) is 12.7. The monoisotopic (exact) mass is 602 g/mol. The average molecular weight is 603 g/mol. The lowest BCUT2D eigenvalue weighted by atomic mass is 9.90. The van der Waals surface area contributed by atoms with Gasteiger partial charge >= 0.3 is 0 Å². The Morgan fingerprint density at radius 2 is 1.80 bits per heavy atom. The Kier molecular flexibility index (Phi) is 8.82. The lowest BCUT2D eigenvalue weighted by Gasteiger charge is -2.31. The summed E-state index contributed by atoms with van der Waals surface area (Å²) in [7, 11) is 0. The molecule has 4 N–H and O–H groups in total. The Balaban J connectivity index is 1.34. The van der Waals surface area contributed by atoms with E-state index < -0.39 is 35.9 Å². The highest BCUT2D eigenvalue weighted by molar-refractivity contribution is 5.99. The quantitative estimate of drug-likeness (QED) is 0.225. The summed E-state index contributed by atoms with van der Waals surface area (Å²) in [6.45, 7) is 2.25. The highest BCUT2D eigenvalue weighted by Gasteiger charge is 2.28. The molecule has 0 spiro atoms. The van der Waals surface area contributed by atoms with Gasteiger partial charge in [-0.05, 0) is 57.7 Å². The topological polar surface area (TPSA) is 158 Å². The molecule has 1 aliphatic carbocycles. The molecule has 3 aromatic heterocycles. The summed E-state index contributed by atoms with van der Waals surface area (Å²) in [6.07, 6.45) is 5.22. The van der Waals surface area contributed by atoms with Crippen LogP contribution in [0.1, 0.15) is 65.8 Å². The van der Waals surface area contributed by atoms with Crippen molar-refractivity contribution in [3.8, 4) is 11.9 Å². The molecular weight excluding hydrogens is 570 g/mol. The Morgan fingerprint density at radius 1 is 1.07 bits per heavy atom. The van der Waals surface area contributed by atoms with E-state index in [1.807, 2.05) is 6.07 Å². The van der Waals surface area contributed by atoms with Crippen molar-refractivity contribution in [2.24, 2.45) is 0 Å². The predicted octanol–water partition coefficient (Wildman–Crippen LogP) is 3.82. The molecule has 2 amide bonds. The summed E-state index contributed by atoms with van der Waals surface area (Å²) in [5.74, 6) is -1.25. The first-order valence-electron chi connectivity index (χ1n) is 14.2. The van der Waals surface area contributed by atoms with Gasteiger partial charge in [-0.15, -0.1) is 0 Å². The van der Waals surface area contributed by atoms with Gasteiger partial charge in [0.25, 0.3) is 11.8 Å². The third kappa shape index (κ3) is 6.81. The van der Waals surface area contributed by atoms with Crippen LogP contribution in [0.15, 0.2) is 55.0 Å². The van der Waals surface area contributed by atoms with E-state index in [1.165, 1.54) is 49.1 Å². The van der Waals surface area contributed by atoms with E-state index in [4.69, 9.17) is 0 Å². The highest BCUT2D eigenvalue weighted by Crippen LogP contribution is 2.27. The van der Waals surface area contributed by atoms with Gasteiger partial charge in [-0.2, -0.15) is 15.0 Å². The molecule has 1 aliphatic rings. The maximum absolute atomic E-state index is 14.4. The van der Waals surface area contributed by atoms with Gasteiger partial charge < -0.3 is 21.1 Å². The van der Waals surface area contributed by atoms with Crippen LogP contribution in [-0.2, 0) is 0 Å². The van der Waals surface area contributed by atoms with E-state index >= 15 is 0 Å². The number of anilines is 1. The first-order chi connectivity index (χ1) is 21.0. The van der Waals surface area contributed by atoms with Crippen LogP contribution < -0.4 is 16.0 Å². The molecule has 3 heterocycles. The number of hydrogen-bond donors (Lipinski definition) is 4. The first kappa shape index (κ1) is 30.5. The molecule has 228 valence electrons. The van der Waals surface area contributed by atoms with Crippen molar-refractivity contribution in [2.45, 2.75) is 63.4 Å². The van der Waals surface area contributed by atoms with Gasteiger partial charge in [0.1, 0.15) is 18.1 Å². The highest BCUT2D eigenvalue weighted by atomic mass is 19.1. The minimum atomic E-state index is -1.69. The van der Waals surface area contributed by atoms with E-state index in [1.54, 1.807) is 24.4 Å². The zero-order valence-electron chi connectivity index (χ0n) is 24.2. The number of rotatable bonds is 9. The number of carbonyl (C=O) groups excluding carboxylic acids is 2. The molecule has 0 radical (unpaired) electrons. The van der Waals surface area contributed by atoms with Crippen LogP contribution in [0.5, 0.6) is 0 Å². The summed E-state index contributed by atoms with van der Waals surface area (Å²) in [6, 6.07) is 11.0. The van der Waals surface area contributed by atoms with Crippen molar-refractivity contribution in [1.29, 1.82) is 5.26 Å². The van der Waals surface area contributed by atoms with Crippen LogP contribution in [0.2, 0.25) is 0 Å². The number of amides is 2. The van der Waals surface area contributed by atoms with Crippen LogP contribution in [0.4, 0.5) is 14.5 Å². The van der Waals surface area contributed by atoms with Crippen molar-refractivity contribution in [2.75, 3.05) is 11.9 Å². The van der Waals surface area contributed by atoms with E-state index in [0.717, 1.165) is 0 Å². The third-order valence-electron chi connectivity index (χ3n) is 7.64. The van der Waals surface area contributed by atoms with Crippen molar-refractivity contribution >= 4 is 28.5 Å². The Labute approximate surface area is 252 Å². The van der Waals surface area contributed by atoms with E-state index in [9.17, 15) is 28.7 Å². The number of alkyl halides is 1. The Hall–Kier alpha value is -4.96. The number of aliphatic hydroxyl groups is 1. The second-order valence-electron chi connectivity index (χ2n) is 11.4. The first-order valence-corrected chi connectivity index (χ1v) is 14.2. The molecule has 0 saturated heterocycles. The van der Waals surface area contributed by atoms with E-state index in [2.05, 4.69) is 31.0 Å². The van der Waals surface area contributed by atoms with Crippen molar-refractivity contribution in [1.82, 2.24) is 30.4 Å². The minimum Gasteiger partial charge on any atom is -0.387 e. The summed E-state index contributed by atoms with van der Waals surface area (Å²) >= 11 is 0. The summed E-state index contributed by atoms with van der Waals surface area (Å²) in [4.78, 5) is 34.5. The van der Waals surface area contributed by atoms with Gasteiger partial charge in [0, 0.05) is 35.9 Å². The molecule has 4 aromatic rings. The van der Waals surface area contributed by atoms with Gasteiger partial charge in [-0.25, -0.2) is 18.7 Å². The number of fused-ring (bicyclic) bond motifs is 1. The van der Waals surface area contributed by atoms with Crippen molar-refractivity contribution in [3.05, 3.63) is 77.5 Å². The molecule has 13 heteroatoms. The maximum Gasteiger partial charge on any atom is 0.255 e. The molecule has 1 unspecified atom stereocenters. The molecule has 0 bridgehead atoms. The summed E-state index contributed by atoms with van der Waals surface area (Å²) < 4.78 is 29.9. The molecule has 1 saturated carbocycles. The summed E-state index contributed by atoms with van der Waals surface area (Å²) in [5.41, 5.74) is -0.174. The average Bonchev–Trinajstić information content (AvgIpc) is 3.43. The molecule has 11 nitrogen and oxygen atoms in total.